The molecule has 0 spiro atoms. The molecular weight excluding hydrogens is 133 g/mol. The van der Waals surface area contributed by atoms with Gasteiger partial charge in [-0.1, -0.05) is 0 Å². The van der Waals surface area contributed by atoms with Gasteiger partial charge in [-0.25, -0.2) is 0 Å². The van der Waals surface area contributed by atoms with Gasteiger partial charge in [-0.15, -0.1) is 0 Å². The molecule has 0 bridgehead atoms. The summed E-state index contributed by atoms with van der Waals surface area (Å²) in [6.07, 6.45) is 0. The standard InChI is InChI=1S/Mg.H3N.H3O4P/c;;1-5(2,3)4/h;1H3;(H3,1,2,3,4)/q+1;;/p-1. The molecule has 1 radical (unpaired) electrons. The summed E-state index contributed by atoms with van der Waals surface area (Å²) >= 11 is 0. The van der Waals surface area contributed by atoms with Gasteiger partial charge in [0.2, 0.25) is 0 Å². The second kappa shape index (κ2) is 4.98. The van der Waals surface area contributed by atoms with Crippen LogP contribution in [0.1, 0.15) is 0 Å². The van der Waals surface area contributed by atoms with Crippen molar-refractivity contribution in [3.8, 4) is 0 Å². The summed E-state index contributed by atoms with van der Waals surface area (Å²) in [5.74, 6) is 0. The number of rotatable bonds is 0. The van der Waals surface area contributed by atoms with E-state index in [1.165, 1.54) is 0 Å². The number of hydrogen-bond donors (Lipinski definition) is 3. The minimum atomic E-state index is -4.89. The molecule has 0 aliphatic rings. The van der Waals surface area contributed by atoms with Gasteiger partial charge in [0, 0.05) is 0 Å². The molecule has 0 amide bonds. The van der Waals surface area contributed by atoms with Crippen molar-refractivity contribution in [3.05, 3.63) is 0 Å². The second-order valence-corrected chi connectivity index (χ2v) is 1.47. The molecule has 0 aromatic heterocycles. The van der Waals surface area contributed by atoms with Crippen LogP contribution >= 0.6 is 7.82 Å². The number of hydrogen-bond acceptors (Lipinski definition) is 3. The van der Waals surface area contributed by atoms with E-state index in [9.17, 15) is 0 Å². The van der Waals surface area contributed by atoms with Crippen LogP contribution in [0.4, 0.5) is 0 Å². The maximum atomic E-state index is 8.77. The summed E-state index contributed by atoms with van der Waals surface area (Å²) < 4.78 is 8.77. The van der Waals surface area contributed by atoms with Crippen molar-refractivity contribution < 1.29 is 19.2 Å². The van der Waals surface area contributed by atoms with Crippen molar-refractivity contribution in [1.29, 1.82) is 0 Å². The summed E-state index contributed by atoms with van der Waals surface area (Å²) in [5.41, 5.74) is 0. The molecule has 0 saturated heterocycles. The molecule has 0 aliphatic heterocycles. The minimum Gasteiger partial charge on any atom is -0.756 e. The van der Waals surface area contributed by atoms with E-state index in [1.54, 1.807) is 0 Å². The first-order valence-electron chi connectivity index (χ1n) is 0.765. The zero-order chi connectivity index (χ0) is 4.50. The van der Waals surface area contributed by atoms with Gasteiger partial charge in [-0.05, 0) is 0 Å². The molecule has 41 valence electrons. The summed E-state index contributed by atoms with van der Waals surface area (Å²) in [6, 6.07) is 0. The van der Waals surface area contributed by atoms with E-state index in [4.69, 9.17) is 19.2 Å². The van der Waals surface area contributed by atoms with Gasteiger partial charge in [0.15, 0.2) is 0 Å². The predicted octanol–water partition coefficient (Wildman–Crippen LogP) is -1.78. The van der Waals surface area contributed by atoms with Gasteiger partial charge in [-0.2, -0.15) is 0 Å². The van der Waals surface area contributed by atoms with Crippen molar-refractivity contribution in [2.45, 2.75) is 0 Å². The number of phosphoric acid groups is 1. The molecule has 0 atom stereocenters. The van der Waals surface area contributed by atoms with Crippen molar-refractivity contribution in [2.24, 2.45) is 0 Å². The Labute approximate surface area is 56.7 Å². The summed E-state index contributed by atoms with van der Waals surface area (Å²) in [4.78, 5) is 22.9. The van der Waals surface area contributed by atoms with Gasteiger partial charge in [0.25, 0.3) is 7.82 Å². The smallest absolute Gasteiger partial charge is 0.756 e. The predicted molar refractivity (Wildman–Crippen MR) is 22.8 cm³/mol. The van der Waals surface area contributed by atoms with Crippen molar-refractivity contribution in [1.82, 2.24) is 6.15 Å². The van der Waals surface area contributed by atoms with E-state index in [-0.39, 0.29) is 29.2 Å². The van der Waals surface area contributed by atoms with Crippen molar-refractivity contribution in [2.75, 3.05) is 0 Å². The normalized spacial score (nSPS) is 8.43. The van der Waals surface area contributed by atoms with Crippen LogP contribution in [0.15, 0.2) is 0 Å². The molecule has 0 rings (SSSR count). The maximum Gasteiger partial charge on any atom is 1.00 e. The molecule has 0 unspecified atom stereocenters. The first-order valence-corrected chi connectivity index (χ1v) is 2.30. The third kappa shape index (κ3) is 229. The maximum absolute atomic E-state index is 8.77. The van der Waals surface area contributed by atoms with Crippen LogP contribution in [-0.4, -0.2) is 32.8 Å². The molecule has 0 saturated carbocycles. The van der Waals surface area contributed by atoms with Crippen molar-refractivity contribution in [3.63, 3.8) is 0 Å². The van der Waals surface area contributed by atoms with Crippen LogP contribution in [0.3, 0.4) is 0 Å². The largest absolute Gasteiger partial charge is 1.00 e. The van der Waals surface area contributed by atoms with E-state index in [0.717, 1.165) is 0 Å². The Balaban J connectivity index is -0.0000000800. The summed E-state index contributed by atoms with van der Waals surface area (Å²) in [7, 11) is -4.89. The summed E-state index contributed by atoms with van der Waals surface area (Å²) in [5, 5.41) is 0. The Morgan fingerprint density at radius 3 is 1.43 bits per heavy atom. The van der Waals surface area contributed by atoms with Crippen LogP contribution in [0.5, 0.6) is 0 Å². The van der Waals surface area contributed by atoms with Crippen molar-refractivity contribution >= 4 is 30.9 Å². The molecule has 5 N–H and O–H groups in total. The van der Waals surface area contributed by atoms with Crippen LogP contribution in [-0.2, 0) is 4.57 Å². The van der Waals surface area contributed by atoms with Gasteiger partial charge < -0.3 is 20.8 Å². The van der Waals surface area contributed by atoms with Gasteiger partial charge in [0.05, 0.1) is 0 Å². The molecule has 7 heavy (non-hydrogen) atoms. The van der Waals surface area contributed by atoms with E-state index in [2.05, 4.69) is 0 Å². The quantitative estimate of drug-likeness (QED) is 0.270. The summed E-state index contributed by atoms with van der Waals surface area (Å²) in [6.45, 7) is 0. The van der Waals surface area contributed by atoms with Crippen LogP contribution in [0, 0.1) is 0 Å². The van der Waals surface area contributed by atoms with Crippen LogP contribution in [0.2, 0.25) is 0 Å². The zero-order valence-corrected chi connectivity index (χ0v) is 5.88. The molecular formula is H5MgNO4P. The molecule has 0 aromatic carbocycles. The third-order valence-corrected chi connectivity index (χ3v) is 0. The minimum absolute atomic E-state index is 0. The zero-order valence-electron chi connectivity index (χ0n) is 3.57. The van der Waals surface area contributed by atoms with E-state index in [1.807, 2.05) is 0 Å². The first kappa shape index (κ1) is 15.7. The van der Waals surface area contributed by atoms with E-state index < -0.39 is 7.82 Å². The van der Waals surface area contributed by atoms with Gasteiger partial charge >= 0.3 is 23.1 Å². The Kier molecular flexibility index (Phi) is 11.1. The Morgan fingerprint density at radius 1 is 1.43 bits per heavy atom. The molecule has 5 nitrogen and oxygen atoms in total. The topological polar surface area (TPSA) is 116 Å². The molecule has 0 aliphatic carbocycles. The van der Waals surface area contributed by atoms with E-state index in [0.29, 0.717) is 0 Å². The van der Waals surface area contributed by atoms with Crippen LogP contribution < -0.4 is 11.0 Å². The van der Waals surface area contributed by atoms with Gasteiger partial charge in [0.1, 0.15) is 0 Å². The fourth-order valence-electron chi connectivity index (χ4n) is 0. The van der Waals surface area contributed by atoms with Gasteiger partial charge in [-0.3, -0.25) is 4.57 Å². The molecule has 0 heterocycles. The van der Waals surface area contributed by atoms with E-state index >= 15 is 0 Å². The Hall–Kier alpha value is 0.836. The fraction of sp³-hybridized carbons (Fsp3) is 0. The Morgan fingerprint density at radius 2 is 1.43 bits per heavy atom. The first-order chi connectivity index (χ1) is 2.00. The molecule has 0 aromatic rings. The Bertz CT molecular complexity index is 57.8. The molecule has 7 heteroatoms. The average molecular weight is 138 g/mol. The monoisotopic (exact) mass is 138 g/mol. The average Bonchev–Trinajstić information content (AvgIpc) is 0.722. The van der Waals surface area contributed by atoms with Crippen LogP contribution in [0.25, 0.3) is 0 Å². The second-order valence-electron chi connectivity index (χ2n) is 0.491. The SMILES string of the molecule is N.O=P([O-])(O)O.[Mg+]. The fourth-order valence-corrected chi connectivity index (χ4v) is 0. The molecule has 0 fully saturated rings. The third-order valence-electron chi connectivity index (χ3n) is 0.